The van der Waals surface area contributed by atoms with Crippen LogP contribution in [0.3, 0.4) is 0 Å². The Bertz CT molecular complexity index is 779. The Kier molecular flexibility index (Phi) is 2.79. The van der Waals surface area contributed by atoms with Gasteiger partial charge in [-0.05, 0) is 36.8 Å². The third kappa shape index (κ3) is 1.61. The standard InChI is InChI=1S/C20H26N2/c1-11(2)13-7-15-17(9-13)21(5)20-16-8-14(12(3)4)10-18(16)22(6)19(15)20/h9-12H,7-8H2,1-6H3. The highest BCUT2D eigenvalue weighted by molar-refractivity contribution is 5.95. The Balaban J connectivity index is 1.93. The summed E-state index contributed by atoms with van der Waals surface area (Å²) in [6.45, 7) is 9.21. The molecule has 2 aliphatic carbocycles. The Morgan fingerprint density at radius 2 is 1.09 bits per heavy atom. The lowest BCUT2D eigenvalue weighted by atomic mass is 10.00. The van der Waals surface area contributed by atoms with E-state index < -0.39 is 0 Å². The Morgan fingerprint density at radius 1 is 0.727 bits per heavy atom. The molecule has 0 aliphatic heterocycles. The van der Waals surface area contributed by atoms with Crippen molar-refractivity contribution >= 4 is 23.2 Å². The highest BCUT2D eigenvalue weighted by Gasteiger charge is 2.30. The van der Waals surface area contributed by atoms with Crippen molar-refractivity contribution in [2.24, 2.45) is 25.9 Å². The highest BCUT2D eigenvalue weighted by atomic mass is 15.0. The molecule has 0 fully saturated rings. The Morgan fingerprint density at radius 3 is 1.41 bits per heavy atom. The zero-order chi connectivity index (χ0) is 15.8. The van der Waals surface area contributed by atoms with Crippen LogP contribution in [0, 0.1) is 11.8 Å². The summed E-state index contributed by atoms with van der Waals surface area (Å²) in [6.07, 6.45) is 7.11. The summed E-state index contributed by atoms with van der Waals surface area (Å²) in [5.41, 5.74) is 12.0. The zero-order valence-electron chi connectivity index (χ0n) is 14.6. The minimum atomic E-state index is 0.641. The maximum atomic E-state index is 2.44. The fraction of sp³-hybridized carbons (Fsp3) is 0.500. The first-order valence-corrected chi connectivity index (χ1v) is 8.49. The lowest BCUT2D eigenvalue weighted by molar-refractivity contribution is 0.754. The van der Waals surface area contributed by atoms with Crippen LogP contribution >= 0.6 is 0 Å². The topological polar surface area (TPSA) is 9.86 Å². The van der Waals surface area contributed by atoms with Gasteiger partial charge in [-0.2, -0.15) is 0 Å². The van der Waals surface area contributed by atoms with Crippen molar-refractivity contribution < 1.29 is 0 Å². The van der Waals surface area contributed by atoms with Gasteiger partial charge in [0.15, 0.2) is 0 Å². The first-order valence-electron chi connectivity index (χ1n) is 8.49. The third-order valence-corrected chi connectivity index (χ3v) is 5.70. The predicted octanol–water partition coefficient (Wildman–Crippen LogP) is 4.71. The second-order valence-corrected chi connectivity index (χ2v) is 7.64. The summed E-state index contributed by atoms with van der Waals surface area (Å²) in [5.74, 6) is 1.28. The molecule has 0 unspecified atom stereocenters. The minimum absolute atomic E-state index is 0.641. The summed E-state index contributed by atoms with van der Waals surface area (Å²) in [5, 5.41) is 0. The maximum absolute atomic E-state index is 2.44. The van der Waals surface area contributed by atoms with E-state index in [1.165, 1.54) is 33.5 Å². The van der Waals surface area contributed by atoms with Crippen LogP contribution < -0.4 is 0 Å². The first kappa shape index (κ1) is 13.9. The fourth-order valence-corrected chi connectivity index (χ4v) is 4.22. The molecule has 2 heterocycles. The van der Waals surface area contributed by atoms with Crippen molar-refractivity contribution in [1.82, 2.24) is 9.13 Å². The summed E-state index contributed by atoms with van der Waals surface area (Å²) in [4.78, 5) is 0. The second kappa shape index (κ2) is 4.41. The van der Waals surface area contributed by atoms with E-state index >= 15 is 0 Å². The van der Waals surface area contributed by atoms with E-state index in [-0.39, 0.29) is 0 Å². The number of hydrogen-bond acceptors (Lipinski definition) is 0. The number of fused-ring (bicyclic) bond motifs is 5. The lowest BCUT2D eigenvalue weighted by Gasteiger charge is -2.08. The van der Waals surface area contributed by atoms with Crippen LogP contribution in [0.5, 0.6) is 0 Å². The first-order chi connectivity index (χ1) is 10.4. The highest BCUT2D eigenvalue weighted by Crippen LogP contribution is 2.43. The minimum Gasteiger partial charge on any atom is -0.342 e. The fourth-order valence-electron chi connectivity index (χ4n) is 4.22. The molecule has 116 valence electrons. The summed E-state index contributed by atoms with van der Waals surface area (Å²) in [6, 6.07) is 0. The normalized spacial score (nSPS) is 16.7. The molecule has 0 aromatic carbocycles. The number of rotatable bonds is 2. The zero-order valence-corrected chi connectivity index (χ0v) is 14.6. The molecule has 0 saturated heterocycles. The van der Waals surface area contributed by atoms with Crippen LogP contribution in [0.2, 0.25) is 0 Å². The van der Waals surface area contributed by atoms with Crippen LogP contribution in [0.4, 0.5) is 0 Å². The van der Waals surface area contributed by atoms with Gasteiger partial charge in [-0.1, -0.05) is 38.8 Å². The molecular formula is C20H26N2. The molecule has 4 rings (SSSR count). The van der Waals surface area contributed by atoms with Crippen molar-refractivity contribution in [3.8, 4) is 0 Å². The van der Waals surface area contributed by atoms with Crippen LogP contribution in [0.25, 0.3) is 23.2 Å². The molecule has 0 spiro atoms. The third-order valence-electron chi connectivity index (χ3n) is 5.70. The molecule has 22 heavy (non-hydrogen) atoms. The van der Waals surface area contributed by atoms with Gasteiger partial charge >= 0.3 is 0 Å². The summed E-state index contributed by atoms with van der Waals surface area (Å²) in [7, 11) is 4.49. The van der Waals surface area contributed by atoms with Crippen molar-refractivity contribution in [3.63, 3.8) is 0 Å². The van der Waals surface area contributed by atoms with Gasteiger partial charge in [-0.25, -0.2) is 0 Å². The van der Waals surface area contributed by atoms with Gasteiger partial charge in [-0.3, -0.25) is 0 Å². The molecular weight excluding hydrogens is 268 g/mol. The van der Waals surface area contributed by atoms with Gasteiger partial charge in [0.25, 0.3) is 0 Å². The van der Waals surface area contributed by atoms with Crippen LogP contribution in [0.1, 0.15) is 50.2 Å². The molecule has 2 heteroatoms. The van der Waals surface area contributed by atoms with Gasteiger partial charge in [-0.15, -0.1) is 0 Å². The van der Waals surface area contributed by atoms with Crippen molar-refractivity contribution in [3.05, 3.63) is 33.7 Å². The molecule has 0 amide bonds. The summed E-state index contributed by atoms with van der Waals surface area (Å²) >= 11 is 0. The van der Waals surface area contributed by atoms with Gasteiger partial charge in [0, 0.05) is 36.6 Å². The van der Waals surface area contributed by atoms with Crippen molar-refractivity contribution in [2.45, 2.75) is 40.5 Å². The summed E-state index contributed by atoms with van der Waals surface area (Å²) < 4.78 is 4.88. The lowest BCUT2D eigenvalue weighted by Crippen LogP contribution is -1.97. The van der Waals surface area contributed by atoms with Gasteiger partial charge in [0.2, 0.25) is 0 Å². The molecule has 0 radical (unpaired) electrons. The van der Waals surface area contributed by atoms with E-state index in [1.807, 2.05) is 0 Å². The second-order valence-electron chi connectivity index (χ2n) is 7.64. The molecule has 2 nitrogen and oxygen atoms in total. The van der Waals surface area contributed by atoms with Gasteiger partial charge in [0.1, 0.15) is 0 Å². The van der Waals surface area contributed by atoms with E-state index in [9.17, 15) is 0 Å². The number of nitrogens with zero attached hydrogens (tertiary/aromatic N) is 2. The quantitative estimate of drug-likeness (QED) is 0.759. The average molecular weight is 294 g/mol. The maximum Gasteiger partial charge on any atom is 0.0710 e. The van der Waals surface area contributed by atoms with Crippen LogP contribution in [-0.2, 0) is 26.9 Å². The SMILES string of the molecule is CC(C)C1=Cc2c(c3c(c4c(n3C)C=C(C(C)C)C4)n2C)C1. The predicted molar refractivity (Wildman–Crippen MR) is 94.9 cm³/mol. The molecule has 0 atom stereocenters. The largest absolute Gasteiger partial charge is 0.342 e. The monoisotopic (exact) mass is 294 g/mol. The van der Waals surface area contributed by atoms with Crippen molar-refractivity contribution in [2.75, 3.05) is 0 Å². The van der Waals surface area contributed by atoms with Gasteiger partial charge in [0.05, 0.1) is 11.0 Å². The number of allylic oxidation sites excluding steroid dienone is 2. The average Bonchev–Trinajstić information content (AvgIpc) is 3.13. The number of aromatic nitrogens is 2. The van der Waals surface area contributed by atoms with Gasteiger partial charge < -0.3 is 9.13 Å². The van der Waals surface area contributed by atoms with E-state index in [0.717, 1.165) is 12.8 Å². The van der Waals surface area contributed by atoms with E-state index in [0.29, 0.717) is 11.8 Å². The molecule has 0 bridgehead atoms. The Hall–Kier alpha value is -1.70. The van der Waals surface area contributed by atoms with Crippen LogP contribution in [-0.4, -0.2) is 9.13 Å². The Labute approximate surface area is 133 Å². The van der Waals surface area contributed by atoms with E-state index in [1.54, 1.807) is 11.1 Å². The van der Waals surface area contributed by atoms with Crippen LogP contribution in [0.15, 0.2) is 11.1 Å². The number of hydrogen-bond donors (Lipinski definition) is 0. The van der Waals surface area contributed by atoms with E-state index in [2.05, 4.69) is 63.1 Å². The van der Waals surface area contributed by atoms with E-state index in [4.69, 9.17) is 0 Å². The molecule has 0 saturated carbocycles. The smallest absolute Gasteiger partial charge is 0.0710 e. The van der Waals surface area contributed by atoms with Crippen molar-refractivity contribution in [1.29, 1.82) is 0 Å². The molecule has 2 aromatic rings. The molecule has 0 N–H and O–H groups in total. The molecule has 2 aliphatic rings. The molecule has 2 aromatic heterocycles. The number of aryl methyl sites for hydroxylation is 2.